The Hall–Kier alpha value is -1.99. The van der Waals surface area contributed by atoms with Crippen molar-refractivity contribution in [2.75, 3.05) is 36.6 Å². The Morgan fingerprint density at radius 3 is 2.62 bits per heavy atom. The van der Waals surface area contributed by atoms with Crippen molar-refractivity contribution in [1.82, 2.24) is 9.97 Å². The lowest BCUT2D eigenvalue weighted by molar-refractivity contribution is 0.122. The van der Waals surface area contributed by atoms with E-state index in [-0.39, 0.29) is 0 Å². The molecule has 1 N–H and O–H groups in total. The lowest BCUT2D eigenvalue weighted by Crippen LogP contribution is -2.37. The summed E-state index contributed by atoms with van der Waals surface area (Å²) in [5, 5.41) is 4.44. The maximum atomic E-state index is 5.38. The van der Waals surface area contributed by atoms with Crippen LogP contribution in [0.15, 0.2) is 39.9 Å². The van der Waals surface area contributed by atoms with E-state index in [1.54, 1.807) is 0 Å². The van der Waals surface area contributed by atoms with Crippen molar-refractivity contribution in [2.45, 2.75) is 13.8 Å². The molecule has 0 bridgehead atoms. The van der Waals surface area contributed by atoms with Gasteiger partial charge in [0.1, 0.15) is 0 Å². The zero-order valence-electron chi connectivity index (χ0n) is 13.8. The molecule has 1 aliphatic heterocycles. The van der Waals surface area contributed by atoms with Gasteiger partial charge in [-0.1, -0.05) is 28.1 Å². The molecule has 1 aromatic heterocycles. The van der Waals surface area contributed by atoms with Crippen LogP contribution < -0.4 is 10.3 Å². The average Bonchev–Trinajstić information content (AvgIpc) is 2.60. The SMILES string of the molecule is C/C(=N\Nc1cc(C)nc(N2CCOCC2)n1)c1ccc(Br)cc1. The van der Waals surface area contributed by atoms with E-state index in [0.717, 1.165) is 40.5 Å². The minimum Gasteiger partial charge on any atom is -0.378 e. The molecule has 24 heavy (non-hydrogen) atoms. The number of nitrogens with one attached hydrogen (secondary N) is 1. The molecule has 0 saturated carbocycles. The number of hydrazone groups is 1. The van der Waals surface area contributed by atoms with Crippen LogP contribution in [0.3, 0.4) is 0 Å². The first kappa shape index (κ1) is 16.9. The van der Waals surface area contributed by atoms with Crippen LogP contribution in [0.2, 0.25) is 0 Å². The van der Waals surface area contributed by atoms with Crippen LogP contribution in [0.4, 0.5) is 11.8 Å². The van der Waals surface area contributed by atoms with E-state index in [1.807, 2.05) is 44.2 Å². The highest BCUT2D eigenvalue weighted by Crippen LogP contribution is 2.16. The number of benzene rings is 1. The number of halogens is 1. The van der Waals surface area contributed by atoms with Gasteiger partial charge in [-0.05, 0) is 31.5 Å². The fourth-order valence-electron chi connectivity index (χ4n) is 2.41. The summed E-state index contributed by atoms with van der Waals surface area (Å²) < 4.78 is 6.43. The Bertz CT molecular complexity index is 726. The number of morpholine rings is 1. The summed E-state index contributed by atoms with van der Waals surface area (Å²) in [7, 11) is 0. The Kier molecular flexibility index (Phi) is 5.42. The predicted octanol–water partition coefficient (Wildman–Crippen LogP) is 3.22. The van der Waals surface area contributed by atoms with Crippen molar-refractivity contribution in [3.63, 3.8) is 0 Å². The quantitative estimate of drug-likeness (QED) is 0.642. The molecule has 2 heterocycles. The topological polar surface area (TPSA) is 62.6 Å². The highest BCUT2D eigenvalue weighted by molar-refractivity contribution is 9.10. The van der Waals surface area contributed by atoms with E-state index in [2.05, 4.69) is 41.3 Å². The van der Waals surface area contributed by atoms with Gasteiger partial charge in [0.2, 0.25) is 5.95 Å². The van der Waals surface area contributed by atoms with Gasteiger partial charge in [0.25, 0.3) is 0 Å². The number of anilines is 2. The molecule has 0 unspecified atom stereocenters. The molecule has 0 aliphatic carbocycles. The van der Waals surface area contributed by atoms with E-state index < -0.39 is 0 Å². The fraction of sp³-hybridized carbons (Fsp3) is 0.353. The van der Waals surface area contributed by atoms with Gasteiger partial charge in [0, 0.05) is 29.3 Å². The third-order valence-electron chi connectivity index (χ3n) is 3.74. The first-order valence-corrected chi connectivity index (χ1v) is 8.66. The maximum absolute atomic E-state index is 5.38. The highest BCUT2D eigenvalue weighted by Gasteiger charge is 2.14. The van der Waals surface area contributed by atoms with Crippen LogP contribution in [0, 0.1) is 6.92 Å². The van der Waals surface area contributed by atoms with Crippen molar-refractivity contribution < 1.29 is 4.74 Å². The average molecular weight is 390 g/mol. The molecule has 1 saturated heterocycles. The molecule has 2 aromatic rings. The smallest absolute Gasteiger partial charge is 0.227 e. The number of rotatable bonds is 4. The summed E-state index contributed by atoms with van der Waals surface area (Å²) in [6.45, 7) is 6.96. The van der Waals surface area contributed by atoms with Crippen molar-refractivity contribution in [3.8, 4) is 0 Å². The molecule has 1 aliphatic rings. The van der Waals surface area contributed by atoms with Crippen LogP contribution in [-0.4, -0.2) is 42.0 Å². The first-order valence-electron chi connectivity index (χ1n) is 7.86. The van der Waals surface area contributed by atoms with Gasteiger partial charge in [-0.25, -0.2) is 4.98 Å². The van der Waals surface area contributed by atoms with Gasteiger partial charge in [-0.3, -0.25) is 5.43 Å². The number of ether oxygens (including phenoxy) is 1. The summed E-state index contributed by atoms with van der Waals surface area (Å²) >= 11 is 3.44. The molecular weight excluding hydrogens is 370 g/mol. The molecule has 0 radical (unpaired) electrons. The van der Waals surface area contributed by atoms with Crippen molar-refractivity contribution in [3.05, 3.63) is 46.1 Å². The standard InChI is InChI=1S/C17H20BrN5O/c1-12-11-16(20-17(19-12)23-7-9-24-10-8-23)22-21-13(2)14-3-5-15(18)6-4-14/h3-6,11H,7-10H2,1-2H3,(H,19,20,22)/b21-13+. The third kappa shape index (κ3) is 4.30. The summed E-state index contributed by atoms with van der Waals surface area (Å²) in [6, 6.07) is 9.94. The van der Waals surface area contributed by atoms with Crippen LogP contribution in [0.1, 0.15) is 18.2 Å². The monoisotopic (exact) mass is 389 g/mol. The second-order valence-corrected chi connectivity index (χ2v) is 6.53. The fourth-order valence-corrected chi connectivity index (χ4v) is 2.68. The number of aromatic nitrogens is 2. The number of aryl methyl sites for hydroxylation is 1. The molecular formula is C17H20BrN5O. The molecule has 6 nitrogen and oxygen atoms in total. The van der Waals surface area contributed by atoms with Gasteiger partial charge in [-0.2, -0.15) is 10.1 Å². The molecule has 3 rings (SSSR count). The van der Waals surface area contributed by atoms with Gasteiger partial charge in [0.15, 0.2) is 5.82 Å². The van der Waals surface area contributed by atoms with E-state index in [4.69, 9.17) is 4.74 Å². The molecule has 0 atom stereocenters. The normalized spacial score (nSPS) is 15.5. The summed E-state index contributed by atoms with van der Waals surface area (Å²) in [5.74, 6) is 1.41. The molecule has 1 fully saturated rings. The molecule has 0 amide bonds. The van der Waals surface area contributed by atoms with Crippen LogP contribution in [-0.2, 0) is 4.74 Å². The number of hydrogen-bond acceptors (Lipinski definition) is 6. The lowest BCUT2D eigenvalue weighted by atomic mass is 10.1. The zero-order chi connectivity index (χ0) is 16.9. The number of nitrogens with zero attached hydrogens (tertiary/aromatic N) is 4. The van der Waals surface area contributed by atoms with Crippen molar-refractivity contribution in [2.24, 2.45) is 5.10 Å². The van der Waals surface area contributed by atoms with Gasteiger partial charge in [-0.15, -0.1) is 0 Å². The Labute approximate surface area is 150 Å². The van der Waals surface area contributed by atoms with E-state index in [1.165, 1.54) is 0 Å². The van der Waals surface area contributed by atoms with E-state index in [0.29, 0.717) is 19.0 Å². The van der Waals surface area contributed by atoms with Gasteiger partial charge in [0.05, 0.1) is 18.9 Å². The maximum Gasteiger partial charge on any atom is 0.227 e. The second-order valence-electron chi connectivity index (χ2n) is 5.61. The summed E-state index contributed by atoms with van der Waals surface area (Å²) in [5.41, 5.74) is 5.91. The van der Waals surface area contributed by atoms with Crippen molar-refractivity contribution in [1.29, 1.82) is 0 Å². The highest BCUT2D eigenvalue weighted by atomic mass is 79.9. The van der Waals surface area contributed by atoms with Crippen molar-refractivity contribution >= 4 is 33.4 Å². The van der Waals surface area contributed by atoms with Crippen LogP contribution in [0.5, 0.6) is 0 Å². The van der Waals surface area contributed by atoms with E-state index in [9.17, 15) is 0 Å². The Balaban J connectivity index is 1.75. The Morgan fingerprint density at radius 1 is 1.21 bits per heavy atom. The predicted molar refractivity (Wildman–Crippen MR) is 99.8 cm³/mol. The lowest BCUT2D eigenvalue weighted by Gasteiger charge is -2.27. The Morgan fingerprint density at radius 2 is 1.92 bits per heavy atom. The second kappa shape index (κ2) is 7.72. The number of hydrogen-bond donors (Lipinski definition) is 1. The summed E-state index contributed by atoms with van der Waals surface area (Å²) in [6.07, 6.45) is 0. The van der Waals surface area contributed by atoms with E-state index >= 15 is 0 Å². The molecule has 0 spiro atoms. The molecule has 126 valence electrons. The minimum absolute atomic E-state index is 0.695. The van der Waals surface area contributed by atoms with Crippen LogP contribution in [0.25, 0.3) is 0 Å². The molecule has 7 heteroatoms. The van der Waals surface area contributed by atoms with Gasteiger partial charge < -0.3 is 9.64 Å². The molecule has 1 aromatic carbocycles. The van der Waals surface area contributed by atoms with Gasteiger partial charge >= 0.3 is 0 Å². The largest absolute Gasteiger partial charge is 0.378 e. The third-order valence-corrected chi connectivity index (χ3v) is 4.27. The zero-order valence-corrected chi connectivity index (χ0v) is 15.4. The van der Waals surface area contributed by atoms with Crippen LogP contribution >= 0.6 is 15.9 Å². The minimum atomic E-state index is 0.695. The summed E-state index contributed by atoms with van der Waals surface area (Å²) in [4.78, 5) is 11.2. The first-order chi connectivity index (χ1) is 11.6.